The van der Waals surface area contributed by atoms with Gasteiger partial charge in [-0.15, -0.1) is 0 Å². The lowest BCUT2D eigenvalue weighted by molar-refractivity contribution is -0.870. The number of hydrogen-bond donors (Lipinski definition) is 1. The molecule has 0 fully saturated rings. The van der Waals surface area contributed by atoms with Crippen molar-refractivity contribution in [1.82, 2.24) is 0 Å². The van der Waals surface area contributed by atoms with Gasteiger partial charge in [-0.3, -0.25) is 9.59 Å². The van der Waals surface area contributed by atoms with Crippen LogP contribution < -0.4 is 0 Å². The summed E-state index contributed by atoms with van der Waals surface area (Å²) in [6.45, 7) is 4.77. The van der Waals surface area contributed by atoms with Crippen LogP contribution in [0.4, 0.5) is 0 Å². The van der Waals surface area contributed by atoms with Crippen molar-refractivity contribution in [3.8, 4) is 0 Å². The predicted octanol–water partition coefficient (Wildman–Crippen LogP) is 19.1. The molecule has 9 nitrogen and oxygen atoms in total. The SMILES string of the molecule is CC/C=C\C/C=C\C/C=C\C/C=C\C/C=C\C/C=C\C/C=C\CCCCCCCC(=O)OC(COC(=O)CCCCCCCCCCCCCCCCCCCCCCCCCCC)COC(OCC[N+](C)(C)C)C(=O)O. The van der Waals surface area contributed by atoms with Crippen LogP contribution in [0.25, 0.3) is 0 Å². The number of allylic oxidation sites excluding steroid dienone is 14. The standard InChI is InChI=1S/C68H119NO8/c1-6-8-10-12-14-16-18-20-22-24-26-28-30-32-33-35-37-39-41-43-45-47-49-51-53-55-57-59-66(71)77-64(63-76-68(67(72)73)74-61-60-69(3,4)5)62-75-65(70)58-56-54-52-50-48-46-44-42-40-38-36-34-31-29-27-25-23-21-19-17-15-13-11-9-7-2/h8,10,14,16,20,22,26,28,32-33,37,39,43,45,64,68H,6-7,9,11-13,15,17-19,21,23-25,27,29-31,34-36,38,40-42,44,46-63H2,1-5H3/p+1/b10-8-,16-14-,22-20-,28-26-,33-32-,39-37-,45-43-. The third kappa shape index (κ3) is 60.0. The molecule has 0 radical (unpaired) electrons. The minimum absolute atomic E-state index is 0.181. The number of ether oxygens (including phenoxy) is 4. The van der Waals surface area contributed by atoms with E-state index in [4.69, 9.17) is 18.9 Å². The highest BCUT2D eigenvalue weighted by molar-refractivity contribution is 5.71. The van der Waals surface area contributed by atoms with E-state index in [-0.39, 0.29) is 32.2 Å². The van der Waals surface area contributed by atoms with Gasteiger partial charge in [-0.25, -0.2) is 4.79 Å². The van der Waals surface area contributed by atoms with Gasteiger partial charge in [0.25, 0.3) is 6.29 Å². The maximum absolute atomic E-state index is 12.9. The molecule has 1 N–H and O–H groups in total. The molecule has 9 heteroatoms. The number of aliphatic carboxylic acids is 1. The van der Waals surface area contributed by atoms with Gasteiger partial charge < -0.3 is 28.5 Å². The first kappa shape index (κ1) is 73.5. The molecule has 77 heavy (non-hydrogen) atoms. The minimum atomic E-state index is -1.52. The molecule has 444 valence electrons. The molecule has 0 rings (SSSR count). The number of esters is 2. The largest absolute Gasteiger partial charge is 0.477 e. The number of carbonyl (C=O) groups excluding carboxylic acids is 2. The molecule has 0 aromatic rings. The predicted molar refractivity (Wildman–Crippen MR) is 327 cm³/mol. The third-order valence-electron chi connectivity index (χ3n) is 13.7. The van der Waals surface area contributed by atoms with Crippen molar-refractivity contribution in [1.29, 1.82) is 0 Å². The number of nitrogens with zero attached hydrogens (tertiary/aromatic N) is 1. The molecular weight excluding hydrogens is 959 g/mol. The average molecular weight is 1080 g/mol. The van der Waals surface area contributed by atoms with E-state index in [1.807, 2.05) is 21.1 Å². The molecule has 0 heterocycles. The zero-order chi connectivity index (χ0) is 56.2. The highest BCUT2D eigenvalue weighted by Gasteiger charge is 2.25. The molecular formula is C68H120NO8+. The van der Waals surface area contributed by atoms with Crippen LogP contribution in [-0.2, 0) is 33.3 Å². The van der Waals surface area contributed by atoms with E-state index in [2.05, 4.69) is 98.9 Å². The Morgan fingerprint density at radius 3 is 1.10 bits per heavy atom. The van der Waals surface area contributed by atoms with Gasteiger partial charge >= 0.3 is 17.9 Å². The molecule has 0 aromatic carbocycles. The van der Waals surface area contributed by atoms with Crippen molar-refractivity contribution >= 4 is 17.9 Å². The number of hydrogen-bond acceptors (Lipinski definition) is 7. The first-order valence-corrected chi connectivity index (χ1v) is 31.8. The maximum atomic E-state index is 12.9. The molecule has 0 bridgehead atoms. The van der Waals surface area contributed by atoms with Gasteiger partial charge in [-0.1, -0.05) is 272 Å². The van der Waals surface area contributed by atoms with Crippen LogP contribution in [0.15, 0.2) is 85.1 Å². The number of carbonyl (C=O) groups is 3. The summed E-state index contributed by atoms with van der Waals surface area (Å²) < 4.78 is 22.9. The van der Waals surface area contributed by atoms with Crippen molar-refractivity contribution in [2.45, 2.75) is 283 Å². The Kier molecular flexibility index (Phi) is 55.9. The van der Waals surface area contributed by atoms with E-state index >= 15 is 0 Å². The normalized spacial score (nSPS) is 13.3. The van der Waals surface area contributed by atoms with Crippen molar-refractivity contribution in [2.24, 2.45) is 0 Å². The first-order valence-electron chi connectivity index (χ1n) is 31.8. The number of rotatable bonds is 58. The number of carboxylic acid groups (broad SMARTS) is 1. The van der Waals surface area contributed by atoms with Crippen LogP contribution in [-0.4, -0.2) is 87.4 Å². The van der Waals surface area contributed by atoms with Gasteiger partial charge in [0, 0.05) is 12.8 Å². The fourth-order valence-corrected chi connectivity index (χ4v) is 8.82. The Morgan fingerprint density at radius 2 is 0.740 bits per heavy atom. The number of unbranched alkanes of at least 4 members (excludes halogenated alkanes) is 29. The summed E-state index contributed by atoms with van der Waals surface area (Å²) in [6, 6.07) is 0. The van der Waals surface area contributed by atoms with Crippen molar-refractivity contribution in [3.05, 3.63) is 85.1 Å². The van der Waals surface area contributed by atoms with Crippen LogP contribution in [0.3, 0.4) is 0 Å². The fraction of sp³-hybridized carbons (Fsp3) is 0.750. The third-order valence-corrected chi connectivity index (χ3v) is 13.7. The number of carboxylic acids is 1. The highest BCUT2D eigenvalue weighted by atomic mass is 16.7. The van der Waals surface area contributed by atoms with Gasteiger partial charge in [0.15, 0.2) is 6.10 Å². The quantitative estimate of drug-likeness (QED) is 0.0211. The molecule has 2 unspecified atom stereocenters. The van der Waals surface area contributed by atoms with Gasteiger partial charge in [-0.2, -0.15) is 0 Å². The second kappa shape index (κ2) is 58.6. The lowest BCUT2D eigenvalue weighted by atomic mass is 10.0. The molecule has 0 spiro atoms. The Hall–Kier alpha value is -3.53. The summed E-state index contributed by atoms with van der Waals surface area (Å²) in [7, 11) is 5.96. The second-order valence-electron chi connectivity index (χ2n) is 22.3. The average Bonchev–Trinajstić information content (AvgIpc) is 3.40. The van der Waals surface area contributed by atoms with E-state index in [1.165, 1.54) is 141 Å². The summed E-state index contributed by atoms with van der Waals surface area (Å²) in [5, 5.41) is 9.72. The van der Waals surface area contributed by atoms with E-state index in [9.17, 15) is 19.5 Å². The molecule has 0 saturated heterocycles. The lowest BCUT2D eigenvalue weighted by Gasteiger charge is -2.25. The van der Waals surface area contributed by atoms with Crippen molar-refractivity contribution in [3.63, 3.8) is 0 Å². The topological polar surface area (TPSA) is 108 Å². The summed E-state index contributed by atoms with van der Waals surface area (Å²) in [4.78, 5) is 37.5. The Bertz CT molecular complexity index is 1540. The molecule has 0 saturated carbocycles. The van der Waals surface area contributed by atoms with Crippen LogP contribution in [0.2, 0.25) is 0 Å². The number of likely N-dealkylation sites (N-methyl/N-ethyl adjacent to an activating group) is 1. The second-order valence-corrected chi connectivity index (χ2v) is 22.3. The van der Waals surface area contributed by atoms with Gasteiger partial charge in [-0.05, 0) is 70.6 Å². The van der Waals surface area contributed by atoms with Gasteiger partial charge in [0.05, 0.1) is 34.4 Å². The summed E-state index contributed by atoms with van der Waals surface area (Å²) >= 11 is 0. The van der Waals surface area contributed by atoms with Crippen LogP contribution in [0.5, 0.6) is 0 Å². The molecule has 0 aromatic heterocycles. The molecule has 0 amide bonds. The van der Waals surface area contributed by atoms with E-state index < -0.39 is 24.3 Å². The first-order chi connectivity index (χ1) is 37.6. The van der Waals surface area contributed by atoms with Crippen molar-refractivity contribution < 1.29 is 42.9 Å². The zero-order valence-electron chi connectivity index (χ0n) is 50.6. The Balaban J connectivity index is 4.24. The summed E-state index contributed by atoms with van der Waals surface area (Å²) in [6.07, 6.45) is 75.3. The Labute approximate surface area is 474 Å². The molecule has 0 aliphatic heterocycles. The smallest absolute Gasteiger partial charge is 0.361 e. The molecule has 2 atom stereocenters. The van der Waals surface area contributed by atoms with Gasteiger partial charge in [0.1, 0.15) is 13.2 Å². The zero-order valence-corrected chi connectivity index (χ0v) is 50.6. The minimum Gasteiger partial charge on any atom is -0.477 e. The highest BCUT2D eigenvalue weighted by Crippen LogP contribution is 2.17. The van der Waals surface area contributed by atoms with Crippen LogP contribution in [0.1, 0.15) is 271 Å². The maximum Gasteiger partial charge on any atom is 0.361 e. The van der Waals surface area contributed by atoms with E-state index in [0.717, 1.165) is 96.3 Å². The monoisotopic (exact) mass is 1080 g/mol. The van der Waals surface area contributed by atoms with E-state index in [0.29, 0.717) is 23.9 Å². The fourth-order valence-electron chi connectivity index (χ4n) is 8.82. The van der Waals surface area contributed by atoms with E-state index in [1.54, 1.807) is 0 Å². The Morgan fingerprint density at radius 1 is 0.403 bits per heavy atom. The lowest BCUT2D eigenvalue weighted by Crippen LogP contribution is -2.40. The van der Waals surface area contributed by atoms with Crippen LogP contribution in [0, 0.1) is 0 Å². The van der Waals surface area contributed by atoms with Crippen LogP contribution >= 0.6 is 0 Å². The molecule has 0 aliphatic rings. The van der Waals surface area contributed by atoms with Crippen molar-refractivity contribution in [2.75, 3.05) is 47.5 Å². The van der Waals surface area contributed by atoms with Gasteiger partial charge in [0.2, 0.25) is 0 Å². The molecule has 0 aliphatic carbocycles. The number of quaternary nitrogens is 1. The summed E-state index contributed by atoms with van der Waals surface area (Å²) in [5.41, 5.74) is 0. The summed E-state index contributed by atoms with van der Waals surface area (Å²) in [5.74, 6) is -2.03.